The van der Waals surface area contributed by atoms with Gasteiger partial charge < -0.3 is 8.83 Å². The van der Waals surface area contributed by atoms with E-state index in [1.165, 1.54) is 21.5 Å². The highest BCUT2D eigenvalue weighted by atomic mass is 28.3. The summed E-state index contributed by atoms with van der Waals surface area (Å²) in [5.41, 5.74) is 10.9. The molecule has 1 aliphatic heterocycles. The smallest absolute Gasteiger partial charge is 0.164 e. The van der Waals surface area contributed by atoms with Gasteiger partial charge in [0.2, 0.25) is 0 Å². The van der Waals surface area contributed by atoms with E-state index in [1.807, 2.05) is 30.3 Å². The first-order valence-corrected chi connectivity index (χ1v) is 20.9. The molecule has 1 aliphatic rings. The zero-order valence-corrected chi connectivity index (χ0v) is 30.1. The summed E-state index contributed by atoms with van der Waals surface area (Å²) >= 11 is 0. The maximum atomic E-state index is 6.81. The van der Waals surface area contributed by atoms with Crippen molar-refractivity contribution in [2.24, 2.45) is 0 Å². The predicted octanol–water partition coefficient (Wildman–Crippen LogP) is 11.1. The third-order valence-corrected chi connectivity index (χ3v) is 14.5. The summed E-state index contributed by atoms with van der Waals surface area (Å²) < 4.78 is 13.1. The second-order valence-electron chi connectivity index (χ2n) is 14.4. The van der Waals surface area contributed by atoms with E-state index in [0.717, 1.165) is 71.7 Å². The monoisotopic (exact) mass is 697 g/mol. The molecule has 53 heavy (non-hydrogen) atoms. The van der Waals surface area contributed by atoms with Crippen LogP contribution in [0.4, 0.5) is 0 Å². The lowest BCUT2D eigenvalue weighted by molar-refractivity contribution is 0.669. The van der Waals surface area contributed by atoms with Gasteiger partial charge in [0.1, 0.15) is 30.4 Å². The van der Waals surface area contributed by atoms with Crippen molar-refractivity contribution in [3.05, 3.63) is 152 Å². The molecule has 7 aromatic carbocycles. The summed E-state index contributed by atoms with van der Waals surface area (Å²) in [6.07, 6.45) is 0. The van der Waals surface area contributed by atoms with Gasteiger partial charge in [0.25, 0.3) is 0 Å². The minimum absolute atomic E-state index is 0.584. The van der Waals surface area contributed by atoms with Gasteiger partial charge in [-0.2, -0.15) is 0 Å². The number of rotatable bonds is 4. The van der Waals surface area contributed by atoms with E-state index < -0.39 is 8.07 Å². The molecule has 6 heteroatoms. The minimum Gasteiger partial charge on any atom is -0.456 e. The Morgan fingerprint density at radius 1 is 0.415 bits per heavy atom. The predicted molar refractivity (Wildman–Crippen MR) is 218 cm³/mol. The molecule has 250 valence electrons. The molecule has 0 fully saturated rings. The molecule has 0 aliphatic carbocycles. The molecule has 0 spiro atoms. The summed E-state index contributed by atoms with van der Waals surface area (Å²) in [5.74, 6) is 1.80. The van der Waals surface area contributed by atoms with Crippen LogP contribution in [0.3, 0.4) is 0 Å². The lowest BCUT2D eigenvalue weighted by Crippen LogP contribution is -2.49. The van der Waals surface area contributed by atoms with Crippen molar-refractivity contribution in [2.45, 2.75) is 13.1 Å². The van der Waals surface area contributed by atoms with Crippen molar-refractivity contribution >= 4 is 62.3 Å². The van der Waals surface area contributed by atoms with Crippen LogP contribution >= 0.6 is 0 Å². The fraction of sp³-hybridized carbons (Fsp3) is 0.0426. The van der Waals surface area contributed by atoms with Gasteiger partial charge in [-0.15, -0.1) is 0 Å². The summed E-state index contributed by atoms with van der Waals surface area (Å²) in [6.45, 7) is 4.86. The molecule has 0 bridgehead atoms. The molecule has 0 atom stereocenters. The first kappa shape index (κ1) is 30.0. The Bertz CT molecular complexity index is 3090. The Balaban J connectivity index is 1.18. The zero-order valence-electron chi connectivity index (χ0n) is 29.1. The summed E-state index contributed by atoms with van der Waals surface area (Å²) in [6, 6.07) is 52.7. The molecule has 0 saturated carbocycles. The molecule has 4 heterocycles. The summed E-state index contributed by atoms with van der Waals surface area (Å²) in [4.78, 5) is 15.7. The lowest BCUT2D eigenvalue weighted by atomic mass is 9.98. The number of furan rings is 2. The van der Waals surface area contributed by atoms with E-state index in [0.29, 0.717) is 17.5 Å². The third-order valence-electron chi connectivity index (χ3n) is 11.0. The van der Waals surface area contributed by atoms with Gasteiger partial charge in [0.15, 0.2) is 17.5 Å². The van der Waals surface area contributed by atoms with E-state index >= 15 is 0 Å². The first-order valence-electron chi connectivity index (χ1n) is 17.9. The topological polar surface area (TPSA) is 65.0 Å². The average molecular weight is 698 g/mol. The van der Waals surface area contributed by atoms with E-state index in [1.54, 1.807) is 0 Å². The van der Waals surface area contributed by atoms with E-state index in [9.17, 15) is 0 Å². The Morgan fingerprint density at radius 2 is 1.00 bits per heavy atom. The Kier molecular flexibility index (Phi) is 6.34. The van der Waals surface area contributed by atoms with Gasteiger partial charge in [0, 0.05) is 43.8 Å². The van der Waals surface area contributed by atoms with Crippen LogP contribution in [0.15, 0.2) is 160 Å². The van der Waals surface area contributed by atoms with E-state index in [-0.39, 0.29) is 0 Å². The van der Waals surface area contributed by atoms with Crippen LogP contribution in [0, 0.1) is 0 Å². The second kappa shape index (κ2) is 11.2. The van der Waals surface area contributed by atoms with Crippen LogP contribution in [0.1, 0.15) is 0 Å². The van der Waals surface area contributed by atoms with Crippen molar-refractivity contribution in [3.8, 4) is 56.4 Å². The highest BCUT2D eigenvalue weighted by Gasteiger charge is 2.40. The molecule has 0 N–H and O–H groups in total. The van der Waals surface area contributed by atoms with Crippen molar-refractivity contribution < 1.29 is 8.83 Å². The summed E-state index contributed by atoms with van der Waals surface area (Å²) in [5, 5.41) is 6.97. The molecular formula is C47H31N3O2Si. The van der Waals surface area contributed by atoms with Crippen molar-refractivity contribution in [1.82, 2.24) is 15.0 Å². The highest BCUT2D eigenvalue weighted by molar-refractivity contribution is 7.04. The number of benzene rings is 7. The van der Waals surface area contributed by atoms with Crippen molar-refractivity contribution in [1.29, 1.82) is 0 Å². The van der Waals surface area contributed by atoms with E-state index in [4.69, 9.17) is 23.8 Å². The number of aromatic nitrogens is 3. The molecule has 10 aromatic rings. The van der Waals surface area contributed by atoms with E-state index in [2.05, 4.69) is 134 Å². The van der Waals surface area contributed by atoms with Gasteiger partial charge in [-0.05, 0) is 57.4 Å². The molecule has 0 amide bonds. The largest absolute Gasteiger partial charge is 0.456 e. The molecule has 3 aromatic heterocycles. The third kappa shape index (κ3) is 4.52. The zero-order chi connectivity index (χ0) is 35.3. The molecular weight excluding hydrogens is 667 g/mol. The summed E-state index contributed by atoms with van der Waals surface area (Å²) in [7, 11) is -2.10. The van der Waals surface area contributed by atoms with Crippen molar-refractivity contribution in [3.63, 3.8) is 0 Å². The minimum atomic E-state index is -2.10. The normalized spacial score (nSPS) is 13.2. The number of fused-ring (bicyclic) bond motifs is 10. The number of nitrogens with zero attached hydrogens (tertiary/aromatic N) is 3. The van der Waals surface area contributed by atoms with Crippen LogP contribution in [0.5, 0.6) is 0 Å². The maximum absolute atomic E-state index is 6.81. The Hall–Kier alpha value is -6.63. The Morgan fingerprint density at radius 3 is 1.81 bits per heavy atom. The average Bonchev–Trinajstić information content (AvgIpc) is 3.85. The fourth-order valence-electron chi connectivity index (χ4n) is 8.29. The van der Waals surface area contributed by atoms with Crippen LogP contribution in [0.25, 0.3) is 100 Å². The van der Waals surface area contributed by atoms with Gasteiger partial charge in [-0.3, -0.25) is 0 Å². The number of hydrogen-bond acceptors (Lipinski definition) is 5. The van der Waals surface area contributed by atoms with Crippen LogP contribution in [-0.4, -0.2) is 23.0 Å². The van der Waals surface area contributed by atoms with Crippen LogP contribution < -0.4 is 10.4 Å². The molecule has 5 nitrogen and oxygen atoms in total. The maximum Gasteiger partial charge on any atom is 0.164 e. The van der Waals surface area contributed by atoms with Gasteiger partial charge >= 0.3 is 0 Å². The Labute approximate surface area is 306 Å². The fourth-order valence-corrected chi connectivity index (χ4v) is 11.4. The van der Waals surface area contributed by atoms with Gasteiger partial charge in [-0.1, -0.05) is 134 Å². The van der Waals surface area contributed by atoms with Gasteiger partial charge in [-0.25, -0.2) is 15.0 Å². The number of hydrogen-bond donors (Lipinski definition) is 0. The van der Waals surface area contributed by atoms with Crippen LogP contribution in [0.2, 0.25) is 13.1 Å². The molecule has 0 unspecified atom stereocenters. The molecule has 0 saturated heterocycles. The highest BCUT2D eigenvalue weighted by Crippen LogP contribution is 2.44. The molecule has 11 rings (SSSR count). The number of para-hydroxylation sites is 2. The lowest BCUT2D eigenvalue weighted by Gasteiger charge is -2.19. The van der Waals surface area contributed by atoms with Gasteiger partial charge in [0.05, 0.1) is 0 Å². The SMILES string of the molecule is C[Si]1(C)c2ccccc2-c2c1cc(-c1nc(-c3ccc(-c4ccccc4)cc3)nc(-c3ccc4c(c3)oc3ccccc34)n1)c1c2oc2ccccc21. The molecule has 0 radical (unpaired) electrons. The first-order chi connectivity index (χ1) is 26.0. The van der Waals surface area contributed by atoms with Crippen molar-refractivity contribution in [2.75, 3.05) is 0 Å². The standard InChI is InChI=1S/C47H31N3O2Si/c1-53(2)40-19-11-8-16-35(40)43-41(53)27-36(42-34-15-7-10-18-38(34)52-44(42)43)47-49-45(30-22-20-29(21-23-30)28-12-4-3-5-13-28)48-46(50-47)31-24-25-33-32-14-6-9-17-37(32)51-39(33)26-31/h3-27H,1-2H3. The van der Waals surface area contributed by atoms with Crippen LogP contribution in [-0.2, 0) is 0 Å². The quantitative estimate of drug-likeness (QED) is 0.171. The second-order valence-corrected chi connectivity index (χ2v) is 18.7.